The molecule has 1 aromatic carbocycles. The Morgan fingerprint density at radius 2 is 2.00 bits per heavy atom. The zero-order valence-corrected chi connectivity index (χ0v) is 10.6. The number of nitro benzene ring substituents is 1. The molecule has 0 fully saturated rings. The fraction of sp³-hybridized carbons (Fsp3) is 0.455. The molecule has 19 heavy (non-hydrogen) atoms. The van der Waals surface area contributed by atoms with Gasteiger partial charge in [0.15, 0.2) is 0 Å². The van der Waals surface area contributed by atoms with Crippen molar-refractivity contribution < 1.29 is 18.1 Å². The first-order chi connectivity index (χ1) is 8.81. The summed E-state index contributed by atoms with van der Waals surface area (Å²) in [5, 5.41) is 13.5. The van der Waals surface area contributed by atoms with Gasteiger partial charge in [0.25, 0.3) is 0 Å². The molecular weight excluding hydrogens is 285 g/mol. The van der Waals surface area contributed by atoms with Crippen LogP contribution in [0.5, 0.6) is 0 Å². The smallest absolute Gasteiger partial charge is 0.379 e. The van der Waals surface area contributed by atoms with Crippen LogP contribution in [-0.4, -0.2) is 17.6 Å². The van der Waals surface area contributed by atoms with Gasteiger partial charge >= 0.3 is 11.9 Å². The second kappa shape index (κ2) is 6.60. The van der Waals surface area contributed by atoms with Crippen molar-refractivity contribution in [2.24, 2.45) is 0 Å². The lowest BCUT2D eigenvalue weighted by Crippen LogP contribution is -2.09. The fourth-order valence-corrected chi connectivity index (χ4v) is 1.76. The maximum Gasteiger partial charge on any atom is 0.389 e. The Kier molecular flexibility index (Phi) is 5.41. The highest BCUT2D eigenvalue weighted by Gasteiger charge is 2.25. The number of benzene rings is 1. The molecule has 0 aliphatic rings. The van der Waals surface area contributed by atoms with Crippen molar-refractivity contribution in [3.05, 3.63) is 33.3 Å². The lowest BCUT2D eigenvalue weighted by atomic mass is 10.2. The molecule has 0 amide bonds. The molecule has 0 bridgehead atoms. The Morgan fingerprint density at radius 3 is 2.58 bits per heavy atom. The quantitative estimate of drug-likeness (QED) is 0.481. The normalized spacial score (nSPS) is 11.4. The Bertz CT molecular complexity index is 452. The number of alkyl halides is 3. The number of nitrogens with one attached hydrogen (secondary N) is 1. The van der Waals surface area contributed by atoms with Crippen LogP contribution in [0.2, 0.25) is 5.02 Å². The van der Waals surface area contributed by atoms with Gasteiger partial charge in [0.05, 0.1) is 4.92 Å². The summed E-state index contributed by atoms with van der Waals surface area (Å²) in [6, 6.07) is 4.38. The van der Waals surface area contributed by atoms with E-state index >= 15 is 0 Å². The van der Waals surface area contributed by atoms with Crippen molar-refractivity contribution in [3.63, 3.8) is 0 Å². The van der Waals surface area contributed by atoms with Gasteiger partial charge in [-0.25, -0.2) is 0 Å². The van der Waals surface area contributed by atoms with Crippen LogP contribution in [-0.2, 0) is 0 Å². The number of hydrogen-bond acceptors (Lipinski definition) is 3. The number of nitrogens with zero attached hydrogens (tertiary/aromatic N) is 1. The third kappa shape index (κ3) is 5.34. The van der Waals surface area contributed by atoms with Crippen molar-refractivity contribution in [2.75, 3.05) is 11.9 Å². The lowest BCUT2D eigenvalue weighted by Gasteiger charge is -2.08. The summed E-state index contributed by atoms with van der Waals surface area (Å²) in [5.74, 6) is 0. The van der Waals surface area contributed by atoms with Crippen LogP contribution >= 0.6 is 11.6 Å². The molecular formula is C11H12ClF3N2O2. The first kappa shape index (κ1) is 15.6. The van der Waals surface area contributed by atoms with E-state index in [0.29, 0.717) is 0 Å². The van der Waals surface area contributed by atoms with Gasteiger partial charge in [-0.3, -0.25) is 10.1 Å². The Morgan fingerprint density at radius 1 is 1.32 bits per heavy atom. The molecule has 1 rings (SSSR count). The summed E-state index contributed by atoms with van der Waals surface area (Å²) in [4.78, 5) is 10.2. The molecule has 0 saturated carbocycles. The molecule has 0 unspecified atom stereocenters. The van der Waals surface area contributed by atoms with Gasteiger partial charge in [-0.05, 0) is 25.0 Å². The zero-order chi connectivity index (χ0) is 14.5. The number of anilines is 1. The van der Waals surface area contributed by atoms with Crippen LogP contribution in [0.4, 0.5) is 24.5 Å². The molecule has 0 saturated heterocycles. The predicted octanol–water partition coefficient (Wildman–Crippen LogP) is 4.39. The number of unbranched alkanes of at least 4 members (excludes halogenated alkanes) is 1. The van der Waals surface area contributed by atoms with Crippen molar-refractivity contribution >= 4 is 23.0 Å². The molecule has 8 heteroatoms. The van der Waals surface area contributed by atoms with Crippen LogP contribution in [0.1, 0.15) is 19.3 Å². The first-order valence-electron chi connectivity index (χ1n) is 5.55. The minimum atomic E-state index is -4.16. The number of hydrogen-bond donors (Lipinski definition) is 1. The van der Waals surface area contributed by atoms with Crippen LogP contribution in [0, 0.1) is 10.1 Å². The summed E-state index contributed by atoms with van der Waals surface area (Å²) in [6.45, 7) is 0.220. The predicted molar refractivity (Wildman–Crippen MR) is 66.5 cm³/mol. The number of rotatable bonds is 6. The van der Waals surface area contributed by atoms with E-state index in [4.69, 9.17) is 11.6 Å². The molecule has 0 spiro atoms. The minimum absolute atomic E-state index is 0.00899. The third-order valence-electron chi connectivity index (χ3n) is 2.37. The average molecular weight is 297 g/mol. The highest BCUT2D eigenvalue weighted by atomic mass is 35.5. The second-order valence-electron chi connectivity index (χ2n) is 3.89. The number of nitro groups is 1. The van der Waals surface area contributed by atoms with Gasteiger partial charge in [-0.2, -0.15) is 13.2 Å². The monoisotopic (exact) mass is 296 g/mol. The van der Waals surface area contributed by atoms with Crippen LogP contribution in [0.25, 0.3) is 0 Å². The summed E-state index contributed by atoms with van der Waals surface area (Å²) in [5.41, 5.74) is -0.0514. The molecule has 1 N–H and O–H groups in total. The van der Waals surface area contributed by atoms with Gasteiger partial charge in [-0.1, -0.05) is 17.7 Å². The van der Waals surface area contributed by atoms with E-state index in [1.165, 1.54) is 18.2 Å². The summed E-state index contributed by atoms with van der Waals surface area (Å²) in [7, 11) is 0. The van der Waals surface area contributed by atoms with Crippen molar-refractivity contribution in [1.29, 1.82) is 0 Å². The lowest BCUT2D eigenvalue weighted by molar-refractivity contribution is -0.383. The summed E-state index contributed by atoms with van der Waals surface area (Å²) >= 11 is 5.69. The molecule has 0 aliphatic carbocycles. The standard InChI is InChI=1S/C11H12ClF3N2O2/c12-8-4-3-5-9(10(8)17(18)19)16-7-2-1-6-11(13,14)15/h3-5,16H,1-2,6-7H2. The molecule has 0 aromatic heterocycles. The van der Waals surface area contributed by atoms with Gasteiger partial charge < -0.3 is 5.32 Å². The van der Waals surface area contributed by atoms with Crippen molar-refractivity contribution in [2.45, 2.75) is 25.4 Å². The van der Waals surface area contributed by atoms with Gasteiger partial charge in [0.1, 0.15) is 10.7 Å². The summed E-state index contributed by atoms with van der Waals surface area (Å²) in [6.07, 6.45) is -4.78. The van der Waals surface area contributed by atoms with E-state index in [1.54, 1.807) is 0 Å². The SMILES string of the molecule is O=[N+]([O-])c1c(Cl)cccc1NCCCCC(F)(F)F. The second-order valence-corrected chi connectivity index (χ2v) is 4.30. The van der Waals surface area contributed by atoms with Crippen molar-refractivity contribution in [1.82, 2.24) is 0 Å². The fourth-order valence-electron chi connectivity index (χ4n) is 1.52. The Balaban J connectivity index is 2.50. The molecule has 0 radical (unpaired) electrons. The van der Waals surface area contributed by atoms with E-state index in [1.807, 2.05) is 0 Å². The Hall–Kier alpha value is -1.50. The van der Waals surface area contributed by atoms with Crippen LogP contribution in [0.15, 0.2) is 18.2 Å². The molecule has 0 aliphatic heterocycles. The first-order valence-corrected chi connectivity index (χ1v) is 5.92. The van der Waals surface area contributed by atoms with E-state index < -0.39 is 17.5 Å². The largest absolute Gasteiger partial charge is 0.389 e. The molecule has 4 nitrogen and oxygen atoms in total. The molecule has 0 heterocycles. The van der Waals surface area contributed by atoms with E-state index in [9.17, 15) is 23.3 Å². The number of halogens is 4. The maximum absolute atomic E-state index is 11.9. The van der Waals surface area contributed by atoms with E-state index in [-0.39, 0.29) is 35.8 Å². The topological polar surface area (TPSA) is 55.2 Å². The number of para-hydroxylation sites is 1. The van der Waals surface area contributed by atoms with Gasteiger partial charge in [0, 0.05) is 13.0 Å². The molecule has 0 atom stereocenters. The van der Waals surface area contributed by atoms with Crippen LogP contribution < -0.4 is 5.32 Å². The third-order valence-corrected chi connectivity index (χ3v) is 2.68. The van der Waals surface area contributed by atoms with Crippen LogP contribution in [0.3, 0.4) is 0 Å². The van der Waals surface area contributed by atoms with Gasteiger partial charge in [-0.15, -0.1) is 0 Å². The molecule has 1 aromatic rings. The minimum Gasteiger partial charge on any atom is -0.379 e. The summed E-state index contributed by atoms with van der Waals surface area (Å²) < 4.78 is 35.7. The van der Waals surface area contributed by atoms with E-state index in [0.717, 1.165) is 0 Å². The van der Waals surface area contributed by atoms with Gasteiger partial charge in [0.2, 0.25) is 0 Å². The Labute approximate surface area is 112 Å². The zero-order valence-electron chi connectivity index (χ0n) is 9.84. The van der Waals surface area contributed by atoms with Crippen molar-refractivity contribution in [3.8, 4) is 0 Å². The van der Waals surface area contributed by atoms with E-state index in [2.05, 4.69) is 5.32 Å². The molecule has 106 valence electrons. The maximum atomic E-state index is 11.9. The highest BCUT2D eigenvalue weighted by molar-refractivity contribution is 6.33. The average Bonchev–Trinajstić information content (AvgIpc) is 2.26. The highest BCUT2D eigenvalue weighted by Crippen LogP contribution is 2.32.